The zero-order valence-electron chi connectivity index (χ0n) is 11.7. The fourth-order valence-corrected chi connectivity index (χ4v) is 2.67. The minimum atomic E-state index is -0.530. The molecule has 0 unspecified atom stereocenters. The van der Waals surface area contributed by atoms with Crippen molar-refractivity contribution in [3.8, 4) is 23.0 Å². The van der Waals surface area contributed by atoms with Gasteiger partial charge in [0.1, 0.15) is 0 Å². The van der Waals surface area contributed by atoms with E-state index in [4.69, 9.17) is 23.7 Å². The Labute approximate surface area is 122 Å². The SMILES string of the molecule is COc1cccc2c1O[C@@H]1O[C@H]2Oc2c(OC)cccc21. The van der Waals surface area contributed by atoms with Gasteiger partial charge in [0.2, 0.25) is 12.6 Å². The number of fused-ring (bicyclic) bond motifs is 6. The largest absolute Gasteiger partial charge is 0.493 e. The van der Waals surface area contributed by atoms with Gasteiger partial charge < -0.3 is 18.9 Å². The van der Waals surface area contributed by atoms with Crippen molar-refractivity contribution < 1.29 is 23.7 Å². The molecule has 2 aliphatic heterocycles. The van der Waals surface area contributed by atoms with Crippen molar-refractivity contribution in [3.63, 3.8) is 0 Å². The van der Waals surface area contributed by atoms with Gasteiger partial charge in [-0.25, -0.2) is 0 Å². The van der Waals surface area contributed by atoms with Gasteiger partial charge in [0.05, 0.1) is 25.3 Å². The van der Waals surface area contributed by atoms with Gasteiger partial charge in [0.25, 0.3) is 0 Å². The average molecular weight is 286 g/mol. The number of ether oxygens (including phenoxy) is 5. The average Bonchev–Trinajstić information content (AvgIpc) is 2.54. The summed E-state index contributed by atoms with van der Waals surface area (Å²) in [6, 6.07) is 11.3. The van der Waals surface area contributed by atoms with Gasteiger partial charge in [-0.3, -0.25) is 4.74 Å². The van der Waals surface area contributed by atoms with E-state index in [2.05, 4.69) is 0 Å². The minimum Gasteiger partial charge on any atom is -0.493 e. The van der Waals surface area contributed by atoms with Crippen LogP contribution < -0.4 is 18.9 Å². The van der Waals surface area contributed by atoms with E-state index in [0.29, 0.717) is 23.0 Å². The number of methoxy groups -OCH3 is 2. The van der Waals surface area contributed by atoms with E-state index in [-0.39, 0.29) is 0 Å². The molecule has 0 fully saturated rings. The van der Waals surface area contributed by atoms with Crippen molar-refractivity contribution in [3.05, 3.63) is 47.5 Å². The van der Waals surface area contributed by atoms with Gasteiger partial charge in [-0.05, 0) is 24.3 Å². The standard InChI is InChI=1S/C16H14O5/c1-17-11-7-3-5-9-13(11)19-16-10-6-4-8-12(18-2)14(10)20-15(9)21-16/h3-8,15-16H,1-2H3/t15-,16-/m1/s1. The van der Waals surface area contributed by atoms with Crippen LogP contribution in [0.3, 0.4) is 0 Å². The molecule has 2 aliphatic rings. The van der Waals surface area contributed by atoms with Crippen molar-refractivity contribution in [1.29, 1.82) is 0 Å². The highest BCUT2D eigenvalue weighted by molar-refractivity contribution is 5.53. The summed E-state index contributed by atoms with van der Waals surface area (Å²) in [7, 11) is 3.23. The van der Waals surface area contributed by atoms with Crippen molar-refractivity contribution in [2.24, 2.45) is 0 Å². The molecule has 0 N–H and O–H groups in total. The fraction of sp³-hybridized carbons (Fsp3) is 0.250. The van der Waals surface area contributed by atoms with Crippen LogP contribution in [0.5, 0.6) is 23.0 Å². The molecule has 0 aromatic heterocycles. The summed E-state index contributed by atoms with van der Waals surface area (Å²) in [5.74, 6) is 2.66. The van der Waals surface area contributed by atoms with Gasteiger partial charge in [-0.1, -0.05) is 12.1 Å². The highest BCUT2D eigenvalue weighted by atomic mass is 16.8. The molecular formula is C16H14O5. The van der Waals surface area contributed by atoms with Gasteiger partial charge in [-0.15, -0.1) is 0 Å². The summed E-state index contributed by atoms with van der Waals surface area (Å²) in [6.07, 6.45) is -1.06. The van der Waals surface area contributed by atoms with E-state index >= 15 is 0 Å². The molecule has 2 aromatic rings. The molecule has 0 saturated heterocycles. The Morgan fingerprint density at radius 3 is 1.67 bits per heavy atom. The number of hydrogen-bond acceptors (Lipinski definition) is 5. The minimum absolute atomic E-state index is 0.530. The zero-order valence-corrected chi connectivity index (χ0v) is 11.7. The van der Waals surface area contributed by atoms with Crippen LogP contribution >= 0.6 is 0 Å². The normalized spacial score (nSPS) is 21.4. The fourth-order valence-electron chi connectivity index (χ4n) is 2.67. The summed E-state index contributed by atoms with van der Waals surface area (Å²) < 4.78 is 28.5. The summed E-state index contributed by atoms with van der Waals surface area (Å²) in [6.45, 7) is 0. The first-order valence-corrected chi connectivity index (χ1v) is 6.64. The van der Waals surface area contributed by atoms with Crippen LogP contribution in [0.25, 0.3) is 0 Å². The molecular weight excluding hydrogens is 272 g/mol. The molecule has 21 heavy (non-hydrogen) atoms. The maximum Gasteiger partial charge on any atom is 0.234 e. The van der Waals surface area contributed by atoms with E-state index < -0.39 is 12.6 Å². The van der Waals surface area contributed by atoms with Gasteiger partial charge in [0.15, 0.2) is 23.0 Å². The van der Waals surface area contributed by atoms with Gasteiger partial charge >= 0.3 is 0 Å². The van der Waals surface area contributed by atoms with E-state index in [1.165, 1.54) is 0 Å². The second-order valence-electron chi connectivity index (χ2n) is 4.79. The summed E-state index contributed by atoms with van der Waals surface area (Å²) in [5, 5.41) is 0. The Balaban J connectivity index is 1.84. The lowest BCUT2D eigenvalue weighted by Crippen LogP contribution is -2.30. The number of hydrogen-bond donors (Lipinski definition) is 0. The van der Waals surface area contributed by atoms with Crippen molar-refractivity contribution >= 4 is 0 Å². The van der Waals surface area contributed by atoms with E-state index in [1.807, 2.05) is 36.4 Å². The lowest BCUT2D eigenvalue weighted by molar-refractivity contribution is -0.228. The zero-order chi connectivity index (χ0) is 14.4. The first-order valence-electron chi connectivity index (χ1n) is 6.64. The molecule has 0 amide bonds. The van der Waals surface area contributed by atoms with E-state index in [0.717, 1.165) is 11.1 Å². The summed E-state index contributed by atoms with van der Waals surface area (Å²) >= 11 is 0. The predicted octanol–water partition coefficient (Wildman–Crippen LogP) is 3.20. The molecule has 2 aromatic carbocycles. The lowest BCUT2D eigenvalue weighted by Gasteiger charge is -2.38. The molecule has 108 valence electrons. The maximum absolute atomic E-state index is 5.97. The molecule has 0 aliphatic carbocycles. The molecule has 2 atom stereocenters. The first-order chi connectivity index (χ1) is 10.3. The Hall–Kier alpha value is -2.40. The van der Waals surface area contributed by atoms with Crippen LogP contribution in [-0.4, -0.2) is 14.2 Å². The van der Waals surface area contributed by atoms with Crippen molar-refractivity contribution in [1.82, 2.24) is 0 Å². The topological polar surface area (TPSA) is 46.2 Å². The molecule has 2 bridgehead atoms. The Kier molecular flexibility index (Phi) is 2.68. The van der Waals surface area contributed by atoms with Crippen LogP contribution in [0.2, 0.25) is 0 Å². The second-order valence-corrected chi connectivity index (χ2v) is 4.79. The predicted molar refractivity (Wildman–Crippen MR) is 73.8 cm³/mol. The summed E-state index contributed by atoms with van der Waals surface area (Å²) in [4.78, 5) is 0. The Morgan fingerprint density at radius 1 is 0.762 bits per heavy atom. The number of para-hydroxylation sites is 2. The molecule has 0 saturated carbocycles. The van der Waals surface area contributed by atoms with Crippen LogP contribution in [0.1, 0.15) is 23.7 Å². The van der Waals surface area contributed by atoms with E-state index in [9.17, 15) is 0 Å². The monoisotopic (exact) mass is 286 g/mol. The first kappa shape index (κ1) is 12.3. The van der Waals surface area contributed by atoms with Gasteiger partial charge in [-0.2, -0.15) is 0 Å². The van der Waals surface area contributed by atoms with Crippen LogP contribution in [0.15, 0.2) is 36.4 Å². The second kappa shape index (κ2) is 4.56. The highest BCUT2D eigenvalue weighted by Gasteiger charge is 2.40. The van der Waals surface area contributed by atoms with Crippen LogP contribution in [-0.2, 0) is 4.74 Å². The maximum atomic E-state index is 5.97. The molecule has 0 radical (unpaired) electrons. The van der Waals surface area contributed by atoms with Gasteiger partial charge in [0, 0.05) is 0 Å². The smallest absolute Gasteiger partial charge is 0.234 e. The highest BCUT2D eigenvalue weighted by Crippen LogP contribution is 2.52. The van der Waals surface area contributed by atoms with Crippen LogP contribution in [0.4, 0.5) is 0 Å². The third kappa shape index (κ3) is 1.74. The van der Waals surface area contributed by atoms with Crippen LogP contribution in [0, 0.1) is 0 Å². The van der Waals surface area contributed by atoms with Crippen molar-refractivity contribution in [2.45, 2.75) is 12.6 Å². The van der Waals surface area contributed by atoms with Crippen molar-refractivity contribution in [2.75, 3.05) is 14.2 Å². The third-order valence-corrected chi connectivity index (χ3v) is 3.66. The lowest BCUT2D eigenvalue weighted by atomic mass is 10.1. The molecule has 2 heterocycles. The quantitative estimate of drug-likeness (QED) is 0.848. The Bertz CT molecular complexity index is 638. The molecule has 5 heteroatoms. The molecule has 0 spiro atoms. The Morgan fingerprint density at radius 2 is 1.24 bits per heavy atom. The number of benzene rings is 2. The third-order valence-electron chi connectivity index (χ3n) is 3.66. The summed E-state index contributed by atoms with van der Waals surface area (Å²) in [5.41, 5.74) is 1.62. The molecule has 4 rings (SSSR count). The van der Waals surface area contributed by atoms with E-state index in [1.54, 1.807) is 14.2 Å². The molecule has 5 nitrogen and oxygen atoms in total. The number of rotatable bonds is 2.